The maximum absolute atomic E-state index is 13.2. The molecular formula is C23H20F3N3O4S. The Morgan fingerprint density at radius 3 is 2.41 bits per heavy atom. The van der Waals surface area contributed by atoms with Crippen molar-refractivity contribution in [3.8, 4) is 5.75 Å². The van der Waals surface area contributed by atoms with E-state index in [1.807, 2.05) is 0 Å². The van der Waals surface area contributed by atoms with Gasteiger partial charge in [0.1, 0.15) is 12.3 Å². The third-order valence-corrected chi connectivity index (χ3v) is 6.36. The van der Waals surface area contributed by atoms with Crippen LogP contribution in [0.5, 0.6) is 5.75 Å². The molecule has 0 heterocycles. The van der Waals surface area contributed by atoms with Gasteiger partial charge in [0.25, 0.3) is 15.9 Å². The van der Waals surface area contributed by atoms with E-state index in [9.17, 15) is 26.4 Å². The Morgan fingerprint density at radius 2 is 1.74 bits per heavy atom. The lowest BCUT2D eigenvalue weighted by Crippen LogP contribution is -2.39. The van der Waals surface area contributed by atoms with Crippen LogP contribution in [0, 0.1) is 0 Å². The molecule has 0 saturated carbocycles. The van der Waals surface area contributed by atoms with Crippen molar-refractivity contribution in [3.05, 3.63) is 90.0 Å². The molecule has 0 unspecified atom stereocenters. The first-order valence-electron chi connectivity index (χ1n) is 9.82. The molecule has 34 heavy (non-hydrogen) atoms. The van der Waals surface area contributed by atoms with E-state index >= 15 is 0 Å². The van der Waals surface area contributed by atoms with E-state index in [-0.39, 0.29) is 10.6 Å². The average molecular weight is 491 g/mol. The molecule has 3 aromatic rings. The number of amides is 1. The van der Waals surface area contributed by atoms with Crippen LogP contribution in [0.1, 0.15) is 11.1 Å². The number of carbonyl (C=O) groups is 1. The van der Waals surface area contributed by atoms with Crippen LogP contribution in [0.25, 0.3) is 0 Å². The molecular weight excluding hydrogens is 471 g/mol. The van der Waals surface area contributed by atoms with Gasteiger partial charge in [-0.25, -0.2) is 13.8 Å². The van der Waals surface area contributed by atoms with Gasteiger partial charge >= 0.3 is 6.18 Å². The minimum Gasteiger partial charge on any atom is -0.497 e. The Morgan fingerprint density at radius 1 is 1.03 bits per heavy atom. The lowest BCUT2D eigenvalue weighted by molar-refractivity contribution is -0.137. The van der Waals surface area contributed by atoms with Crippen LogP contribution in [-0.2, 0) is 21.0 Å². The van der Waals surface area contributed by atoms with E-state index in [4.69, 9.17) is 4.74 Å². The molecule has 7 nitrogen and oxygen atoms in total. The van der Waals surface area contributed by atoms with Gasteiger partial charge < -0.3 is 4.74 Å². The molecule has 3 aromatic carbocycles. The molecule has 0 aromatic heterocycles. The lowest BCUT2D eigenvalue weighted by Gasteiger charge is -2.24. The van der Waals surface area contributed by atoms with E-state index in [1.165, 1.54) is 43.7 Å². The van der Waals surface area contributed by atoms with Gasteiger partial charge in [-0.2, -0.15) is 18.3 Å². The highest BCUT2D eigenvalue weighted by atomic mass is 32.2. The second-order valence-electron chi connectivity index (χ2n) is 6.94. The van der Waals surface area contributed by atoms with Crippen LogP contribution in [0.4, 0.5) is 18.9 Å². The number of hydrazone groups is 1. The summed E-state index contributed by atoms with van der Waals surface area (Å²) < 4.78 is 71.8. The summed E-state index contributed by atoms with van der Waals surface area (Å²) in [6.07, 6.45) is -3.37. The predicted molar refractivity (Wildman–Crippen MR) is 121 cm³/mol. The molecule has 178 valence electrons. The van der Waals surface area contributed by atoms with Crippen molar-refractivity contribution in [2.45, 2.75) is 11.1 Å². The van der Waals surface area contributed by atoms with E-state index in [1.54, 1.807) is 30.3 Å². The SMILES string of the molecule is COc1cccc(/C=N\NC(=O)CN(c2cccc(C(F)(F)F)c2)S(=O)(=O)c2ccccc2)c1. The van der Waals surface area contributed by atoms with Crippen molar-refractivity contribution in [1.82, 2.24) is 5.43 Å². The van der Waals surface area contributed by atoms with Crippen LogP contribution in [0.3, 0.4) is 0 Å². The fourth-order valence-corrected chi connectivity index (χ4v) is 4.37. The minimum absolute atomic E-state index is 0.180. The van der Waals surface area contributed by atoms with Gasteiger partial charge in [-0.3, -0.25) is 9.10 Å². The first kappa shape index (κ1) is 24.8. The molecule has 0 bridgehead atoms. The first-order valence-corrected chi connectivity index (χ1v) is 11.3. The zero-order valence-corrected chi connectivity index (χ0v) is 18.7. The highest BCUT2D eigenvalue weighted by molar-refractivity contribution is 7.92. The number of alkyl halides is 3. The van der Waals surface area contributed by atoms with Gasteiger partial charge in [-0.1, -0.05) is 36.4 Å². The summed E-state index contributed by atoms with van der Waals surface area (Å²) in [5.41, 5.74) is 1.44. The molecule has 0 spiro atoms. The van der Waals surface area contributed by atoms with Gasteiger partial charge in [0.05, 0.1) is 29.5 Å². The molecule has 0 saturated heterocycles. The number of nitrogens with one attached hydrogen (secondary N) is 1. The van der Waals surface area contributed by atoms with Crippen molar-refractivity contribution in [1.29, 1.82) is 0 Å². The first-order chi connectivity index (χ1) is 16.1. The van der Waals surface area contributed by atoms with Gasteiger partial charge in [0, 0.05) is 0 Å². The molecule has 3 rings (SSSR count). The number of rotatable bonds is 8. The van der Waals surface area contributed by atoms with Gasteiger partial charge in [0.15, 0.2) is 0 Å². The highest BCUT2D eigenvalue weighted by Crippen LogP contribution is 2.33. The van der Waals surface area contributed by atoms with Crippen molar-refractivity contribution in [2.75, 3.05) is 18.0 Å². The Hall–Kier alpha value is -3.86. The van der Waals surface area contributed by atoms with Crippen LogP contribution in [-0.4, -0.2) is 34.2 Å². The van der Waals surface area contributed by atoms with E-state index in [0.717, 1.165) is 12.1 Å². The van der Waals surface area contributed by atoms with Gasteiger partial charge in [0.2, 0.25) is 0 Å². The van der Waals surface area contributed by atoms with Crippen LogP contribution < -0.4 is 14.5 Å². The van der Waals surface area contributed by atoms with Gasteiger partial charge in [-0.05, 0) is 48.0 Å². The maximum atomic E-state index is 13.2. The Bertz CT molecular complexity index is 1280. The van der Waals surface area contributed by atoms with Crippen molar-refractivity contribution < 1.29 is 31.1 Å². The standard InChI is InChI=1S/C23H20F3N3O4S/c1-33-20-10-5-7-17(13-20)15-27-28-22(30)16-29(34(31,32)21-11-3-2-4-12-21)19-9-6-8-18(14-19)23(24,25)26/h2-15H,16H2,1H3,(H,28,30)/b27-15-. The monoisotopic (exact) mass is 491 g/mol. The maximum Gasteiger partial charge on any atom is 0.416 e. The number of nitrogens with zero attached hydrogens (tertiary/aromatic N) is 2. The summed E-state index contributed by atoms with van der Waals surface area (Å²) >= 11 is 0. The zero-order chi connectivity index (χ0) is 24.8. The fraction of sp³-hybridized carbons (Fsp3) is 0.130. The highest BCUT2D eigenvalue weighted by Gasteiger charge is 2.33. The number of hydrogen-bond donors (Lipinski definition) is 1. The van der Waals surface area contributed by atoms with Crippen molar-refractivity contribution in [3.63, 3.8) is 0 Å². The normalized spacial score (nSPS) is 11.9. The Labute approximate surface area is 194 Å². The molecule has 0 radical (unpaired) electrons. The molecule has 0 aliphatic heterocycles. The molecule has 0 aliphatic carbocycles. The third kappa shape index (κ3) is 6.13. The van der Waals surface area contributed by atoms with E-state index in [2.05, 4.69) is 10.5 Å². The minimum atomic E-state index is -4.69. The number of hydrogen-bond acceptors (Lipinski definition) is 5. The number of halogens is 3. The fourth-order valence-electron chi connectivity index (χ4n) is 2.94. The quantitative estimate of drug-likeness (QED) is 0.380. The summed E-state index contributed by atoms with van der Waals surface area (Å²) in [6.45, 7) is -0.798. The molecule has 0 aliphatic rings. The second kappa shape index (κ2) is 10.4. The summed E-state index contributed by atoms with van der Waals surface area (Å²) in [5.74, 6) is -0.281. The van der Waals surface area contributed by atoms with Gasteiger partial charge in [-0.15, -0.1) is 0 Å². The topological polar surface area (TPSA) is 88.1 Å². The Balaban J connectivity index is 1.88. The molecule has 0 atom stereocenters. The number of carbonyl (C=O) groups excluding carboxylic acids is 1. The summed E-state index contributed by atoms with van der Waals surface area (Å²) in [7, 11) is -2.87. The largest absolute Gasteiger partial charge is 0.497 e. The second-order valence-corrected chi connectivity index (χ2v) is 8.80. The number of ether oxygens (including phenoxy) is 1. The zero-order valence-electron chi connectivity index (χ0n) is 17.9. The smallest absolute Gasteiger partial charge is 0.416 e. The summed E-state index contributed by atoms with van der Waals surface area (Å²) in [5, 5.41) is 3.79. The van der Waals surface area contributed by atoms with E-state index in [0.29, 0.717) is 21.7 Å². The van der Waals surface area contributed by atoms with Crippen molar-refractivity contribution >= 4 is 27.8 Å². The number of anilines is 1. The van der Waals surface area contributed by atoms with Crippen LogP contribution in [0.15, 0.2) is 88.9 Å². The summed E-state index contributed by atoms with van der Waals surface area (Å²) in [6, 6.07) is 17.6. The third-order valence-electron chi connectivity index (χ3n) is 4.58. The molecule has 1 amide bonds. The molecule has 1 N–H and O–H groups in total. The number of benzene rings is 3. The Kier molecular flexibility index (Phi) is 7.57. The molecule has 0 fully saturated rings. The van der Waals surface area contributed by atoms with E-state index < -0.39 is 34.2 Å². The predicted octanol–water partition coefficient (Wildman–Crippen LogP) is 4.06. The summed E-state index contributed by atoms with van der Waals surface area (Å²) in [4.78, 5) is 12.3. The van der Waals surface area contributed by atoms with Crippen molar-refractivity contribution in [2.24, 2.45) is 5.10 Å². The number of methoxy groups -OCH3 is 1. The lowest BCUT2D eigenvalue weighted by atomic mass is 10.2. The average Bonchev–Trinajstić information content (AvgIpc) is 2.82. The molecule has 11 heteroatoms. The van der Waals surface area contributed by atoms with Crippen LogP contribution in [0.2, 0.25) is 0 Å². The van der Waals surface area contributed by atoms with Crippen LogP contribution >= 0.6 is 0 Å². The number of sulfonamides is 1.